The topological polar surface area (TPSA) is 161 Å². The molecule has 1 fully saturated rings. The summed E-state index contributed by atoms with van der Waals surface area (Å²) in [4.78, 5) is 35.0. The predicted molar refractivity (Wildman–Crippen MR) is 241 cm³/mol. The van der Waals surface area contributed by atoms with Gasteiger partial charge in [0.15, 0.2) is 6.10 Å². The summed E-state index contributed by atoms with van der Waals surface area (Å²) in [5, 5.41) is 18.4. The molecule has 0 saturated carbocycles. The monoisotopic (exact) mass is 865 g/mol. The molecule has 0 radical (unpaired) electrons. The molecule has 0 bridgehead atoms. The lowest BCUT2D eigenvalue weighted by Crippen LogP contribution is -2.29. The van der Waals surface area contributed by atoms with Crippen LogP contribution in [0.4, 0.5) is 0 Å². The molecule has 0 aromatic heterocycles. The zero-order valence-corrected chi connectivity index (χ0v) is 38.0. The van der Waals surface area contributed by atoms with Crippen LogP contribution in [0.3, 0.4) is 0 Å². The number of carbonyl (C=O) groups excluding carboxylic acids is 2. The molecule has 344 valence electrons. The maximum atomic E-state index is 12.6. The van der Waals surface area contributed by atoms with Crippen molar-refractivity contribution in [2.45, 2.75) is 192 Å². The van der Waals surface area contributed by atoms with E-state index in [1.54, 1.807) is 0 Å². The average Bonchev–Trinajstić information content (AvgIpc) is 3.99. The number of hydrogen-bond donors (Lipinski definition) is 3. The summed E-state index contributed by atoms with van der Waals surface area (Å²) in [6, 6.07) is 0. The second-order valence-electron chi connectivity index (χ2n) is 15.4. The molecule has 1 saturated heterocycles. The smallest absolute Gasteiger partial charge is 0.462 e. The highest BCUT2D eigenvalue weighted by Crippen LogP contribution is 2.43. The van der Waals surface area contributed by atoms with E-state index in [1.165, 1.54) is 64.2 Å². The van der Waals surface area contributed by atoms with Gasteiger partial charge in [0.25, 0.3) is 0 Å². The van der Waals surface area contributed by atoms with Crippen molar-refractivity contribution in [3.63, 3.8) is 0 Å². The Labute approximate surface area is 363 Å². The molecule has 12 heteroatoms. The maximum Gasteiger partial charge on any atom is 0.472 e. The molecule has 1 aliphatic heterocycles. The van der Waals surface area contributed by atoms with Crippen molar-refractivity contribution < 1.29 is 52.5 Å². The molecule has 5 atom stereocenters. The molecule has 0 aromatic rings. The number of epoxide rings is 1. The Bertz CT molecular complexity index is 1290. The Kier molecular flexibility index (Phi) is 36.2. The van der Waals surface area contributed by atoms with Gasteiger partial charge < -0.3 is 29.3 Å². The molecule has 11 nitrogen and oxygen atoms in total. The van der Waals surface area contributed by atoms with Gasteiger partial charge in [-0.3, -0.25) is 18.6 Å². The Hall–Kier alpha value is -2.63. The van der Waals surface area contributed by atoms with Crippen LogP contribution in [-0.2, 0) is 37.4 Å². The molecule has 1 heterocycles. The molecule has 0 amide bonds. The predicted octanol–water partition coefficient (Wildman–Crippen LogP) is 11.4. The molecule has 3 N–H and O–H groups in total. The van der Waals surface area contributed by atoms with Gasteiger partial charge in [0.2, 0.25) is 0 Å². The average molecular weight is 865 g/mol. The normalized spacial score (nSPS) is 17.8. The number of ether oxygens (including phenoxy) is 3. The summed E-state index contributed by atoms with van der Waals surface area (Å²) >= 11 is 0. The minimum Gasteiger partial charge on any atom is -0.462 e. The number of phosphoric ester groups is 1. The van der Waals surface area contributed by atoms with Gasteiger partial charge >= 0.3 is 19.8 Å². The highest BCUT2D eigenvalue weighted by molar-refractivity contribution is 7.47. The molecular weight excluding hydrogens is 783 g/mol. The number of hydrogen-bond acceptors (Lipinski definition) is 10. The van der Waals surface area contributed by atoms with Gasteiger partial charge in [-0.25, -0.2) is 4.57 Å². The Balaban J connectivity index is 2.28. The number of aliphatic hydroxyl groups excluding tert-OH is 2. The van der Waals surface area contributed by atoms with Gasteiger partial charge in [-0.05, 0) is 77.0 Å². The first-order chi connectivity index (χ1) is 29.2. The molecule has 0 aliphatic carbocycles. The van der Waals surface area contributed by atoms with Crippen molar-refractivity contribution in [3.05, 3.63) is 72.9 Å². The molecule has 60 heavy (non-hydrogen) atoms. The van der Waals surface area contributed by atoms with E-state index < -0.39 is 51.8 Å². The lowest BCUT2D eigenvalue weighted by molar-refractivity contribution is -0.161. The lowest BCUT2D eigenvalue weighted by Gasteiger charge is -2.20. The first kappa shape index (κ1) is 55.4. The van der Waals surface area contributed by atoms with Crippen molar-refractivity contribution in [2.24, 2.45) is 0 Å². The number of unbranched alkanes of at least 4 members (excludes halogenated alkanes) is 13. The van der Waals surface area contributed by atoms with Crippen LogP contribution < -0.4 is 0 Å². The fourth-order valence-electron chi connectivity index (χ4n) is 6.11. The minimum absolute atomic E-state index is 0.109. The third-order valence-corrected chi connectivity index (χ3v) is 10.7. The van der Waals surface area contributed by atoms with Crippen molar-refractivity contribution in [2.75, 3.05) is 26.4 Å². The first-order valence-electron chi connectivity index (χ1n) is 23.0. The number of carbonyl (C=O) groups is 2. The van der Waals surface area contributed by atoms with Crippen LogP contribution >= 0.6 is 7.82 Å². The lowest BCUT2D eigenvalue weighted by atomic mass is 10.1. The van der Waals surface area contributed by atoms with E-state index in [2.05, 4.69) is 79.1 Å². The number of aliphatic hydroxyl groups is 2. The number of allylic oxidation sites excluding steroid dienone is 10. The largest absolute Gasteiger partial charge is 0.472 e. The highest BCUT2D eigenvalue weighted by atomic mass is 31.2. The SMILES string of the molecule is CC/C=C\CC1OC1C/C=C\C/C=C\C/C=C\C/C=C\CCC(=O)OC[C@H](COP(=O)(O)OC[C@@H](O)CO)OC(=O)CCCCCCCCC/C=C\CCCCCCCC. The van der Waals surface area contributed by atoms with E-state index >= 15 is 0 Å². The van der Waals surface area contributed by atoms with E-state index in [4.69, 9.17) is 23.8 Å². The third kappa shape index (κ3) is 36.1. The van der Waals surface area contributed by atoms with Crippen LogP contribution in [0.5, 0.6) is 0 Å². The fourth-order valence-corrected chi connectivity index (χ4v) is 6.90. The summed E-state index contributed by atoms with van der Waals surface area (Å²) < 4.78 is 38.4. The van der Waals surface area contributed by atoms with E-state index in [0.717, 1.165) is 64.2 Å². The van der Waals surface area contributed by atoms with Gasteiger partial charge in [-0.2, -0.15) is 0 Å². The van der Waals surface area contributed by atoms with Crippen LogP contribution in [0.2, 0.25) is 0 Å². The molecule has 3 unspecified atom stereocenters. The number of phosphoric acid groups is 1. The Morgan fingerprint density at radius 2 is 1.10 bits per heavy atom. The maximum absolute atomic E-state index is 12.6. The summed E-state index contributed by atoms with van der Waals surface area (Å²) in [6.45, 7) is 2.16. The summed E-state index contributed by atoms with van der Waals surface area (Å²) in [5.74, 6) is -1.04. The van der Waals surface area contributed by atoms with Gasteiger partial charge in [0.1, 0.15) is 12.7 Å². The van der Waals surface area contributed by atoms with Gasteiger partial charge in [0.05, 0.1) is 32.0 Å². The van der Waals surface area contributed by atoms with Crippen LogP contribution in [0.15, 0.2) is 72.9 Å². The zero-order valence-electron chi connectivity index (χ0n) is 37.1. The summed E-state index contributed by atoms with van der Waals surface area (Å²) in [7, 11) is -4.64. The standard InChI is InChI=1S/C48H81O11P/c1-3-5-7-8-9-10-11-12-13-14-15-16-21-24-27-30-34-38-48(52)58-44(42-57-60(53,54)56-40-43(50)39-49)41-55-47(51)37-33-29-26-23-20-18-17-19-22-25-28-32-36-46-45(59-46)35-31-6-4-2/h6,12-13,18-20,22,26,28-29,31-32,43-46,49-50H,3-5,7-11,14-17,21,23-25,27,30,33-42H2,1-2H3,(H,53,54)/b13-12-,20-18-,22-19-,29-26-,31-6-,32-28-/t43-,44+,45?,46?/m0/s1. The second-order valence-corrected chi connectivity index (χ2v) is 16.9. The molecule has 1 aliphatic rings. The fraction of sp³-hybridized carbons (Fsp3) is 0.708. The second kappa shape index (κ2) is 39.2. The van der Waals surface area contributed by atoms with Crippen LogP contribution in [0.25, 0.3) is 0 Å². The molecule has 0 spiro atoms. The molecule has 1 rings (SSSR count). The van der Waals surface area contributed by atoms with Gasteiger partial charge in [0, 0.05) is 12.8 Å². The van der Waals surface area contributed by atoms with Crippen LogP contribution in [0, 0.1) is 0 Å². The van der Waals surface area contributed by atoms with Crippen molar-refractivity contribution in [1.29, 1.82) is 0 Å². The van der Waals surface area contributed by atoms with E-state index in [0.29, 0.717) is 25.0 Å². The zero-order chi connectivity index (χ0) is 43.8. The van der Waals surface area contributed by atoms with Gasteiger partial charge in [-0.1, -0.05) is 151 Å². The van der Waals surface area contributed by atoms with E-state index in [1.807, 2.05) is 12.2 Å². The quantitative estimate of drug-likeness (QED) is 0.0176. The highest BCUT2D eigenvalue weighted by Gasteiger charge is 2.36. The Morgan fingerprint density at radius 3 is 1.68 bits per heavy atom. The molecular formula is C48H81O11P. The van der Waals surface area contributed by atoms with E-state index in [-0.39, 0.29) is 19.4 Å². The molecule has 0 aromatic carbocycles. The Morgan fingerprint density at radius 1 is 0.600 bits per heavy atom. The third-order valence-electron chi connectivity index (χ3n) is 9.76. The van der Waals surface area contributed by atoms with Crippen molar-refractivity contribution >= 4 is 19.8 Å². The summed E-state index contributed by atoms with van der Waals surface area (Å²) in [5.41, 5.74) is 0. The summed E-state index contributed by atoms with van der Waals surface area (Å²) in [6.07, 6.45) is 47.7. The van der Waals surface area contributed by atoms with Gasteiger partial charge in [-0.15, -0.1) is 0 Å². The van der Waals surface area contributed by atoms with Crippen LogP contribution in [-0.4, -0.2) is 77.9 Å². The first-order valence-corrected chi connectivity index (χ1v) is 24.5. The number of esters is 2. The van der Waals surface area contributed by atoms with Crippen LogP contribution in [0.1, 0.15) is 168 Å². The minimum atomic E-state index is -4.64. The van der Waals surface area contributed by atoms with Crippen molar-refractivity contribution in [1.82, 2.24) is 0 Å². The van der Waals surface area contributed by atoms with E-state index in [9.17, 15) is 24.2 Å². The van der Waals surface area contributed by atoms with Crippen molar-refractivity contribution in [3.8, 4) is 0 Å². The number of rotatable bonds is 41.